The van der Waals surface area contributed by atoms with Crippen LogP contribution in [-0.4, -0.2) is 12.6 Å². The predicted molar refractivity (Wildman–Crippen MR) is 63.5 cm³/mol. The Morgan fingerprint density at radius 2 is 1.93 bits per heavy atom. The fourth-order valence-electron chi connectivity index (χ4n) is 0.778. The summed E-state index contributed by atoms with van der Waals surface area (Å²) in [5, 5.41) is 0. The monoisotopic (exact) mass is 206 g/mol. The van der Waals surface area contributed by atoms with Crippen molar-refractivity contribution < 1.29 is 9.53 Å². The van der Waals surface area contributed by atoms with Crippen molar-refractivity contribution in [1.82, 2.24) is 0 Å². The van der Waals surface area contributed by atoms with E-state index < -0.39 is 0 Å². The molecule has 0 fully saturated rings. The normalized spacial score (nSPS) is 13.0. The highest BCUT2D eigenvalue weighted by Gasteiger charge is 1.88. The first-order valence-electron chi connectivity index (χ1n) is 4.83. The molecule has 0 amide bonds. The zero-order valence-corrected chi connectivity index (χ0v) is 9.62. The summed E-state index contributed by atoms with van der Waals surface area (Å²) in [5.74, 6) is -0.259. The number of allylic oxidation sites excluding steroid dienone is 6. The van der Waals surface area contributed by atoms with Gasteiger partial charge in [0, 0.05) is 6.92 Å². The van der Waals surface area contributed by atoms with Crippen LogP contribution in [0.1, 0.15) is 20.8 Å². The average molecular weight is 206 g/mol. The Bertz CT molecular complexity index is 306. The van der Waals surface area contributed by atoms with Gasteiger partial charge < -0.3 is 4.74 Å². The number of hydrogen-bond acceptors (Lipinski definition) is 2. The molecule has 0 bridgehead atoms. The lowest BCUT2D eigenvalue weighted by molar-refractivity contribution is -0.139. The lowest BCUT2D eigenvalue weighted by atomic mass is 10.2. The Hall–Kier alpha value is -1.57. The fourth-order valence-corrected chi connectivity index (χ4v) is 0.778. The Morgan fingerprint density at radius 1 is 1.27 bits per heavy atom. The van der Waals surface area contributed by atoms with Gasteiger partial charge >= 0.3 is 5.97 Å². The molecule has 0 radical (unpaired) electrons. The molecule has 0 aliphatic heterocycles. The van der Waals surface area contributed by atoms with E-state index >= 15 is 0 Å². The summed E-state index contributed by atoms with van der Waals surface area (Å²) in [7, 11) is 0. The maximum atomic E-state index is 10.5. The molecule has 0 atom stereocenters. The van der Waals surface area contributed by atoms with E-state index in [1.54, 1.807) is 6.08 Å². The highest BCUT2D eigenvalue weighted by Crippen LogP contribution is 1.98. The lowest BCUT2D eigenvalue weighted by Crippen LogP contribution is -1.97. The Balaban J connectivity index is 4.06. The maximum absolute atomic E-state index is 10.5. The Labute approximate surface area is 91.6 Å². The molecular formula is C13H18O2. The fraction of sp³-hybridized carbons (Fsp3) is 0.308. The van der Waals surface area contributed by atoms with Crippen LogP contribution in [-0.2, 0) is 9.53 Å². The second-order valence-corrected chi connectivity index (χ2v) is 3.22. The van der Waals surface area contributed by atoms with Crippen molar-refractivity contribution >= 4 is 5.97 Å². The van der Waals surface area contributed by atoms with Gasteiger partial charge in [0.05, 0.1) is 0 Å². The number of ether oxygens (including phenoxy) is 1. The largest absolute Gasteiger partial charge is 0.462 e. The Morgan fingerprint density at radius 3 is 2.47 bits per heavy atom. The van der Waals surface area contributed by atoms with Gasteiger partial charge in [-0.3, -0.25) is 4.79 Å². The first-order chi connectivity index (χ1) is 7.06. The van der Waals surface area contributed by atoms with Crippen LogP contribution < -0.4 is 0 Å². The van der Waals surface area contributed by atoms with E-state index in [0.29, 0.717) is 6.61 Å². The van der Waals surface area contributed by atoms with E-state index in [4.69, 9.17) is 4.74 Å². The predicted octanol–water partition coefficient (Wildman–Crippen LogP) is 3.18. The molecule has 0 aliphatic carbocycles. The third kappa shape index (κ3) is 8.75. The van der Waals surface area contributed by atoms with Crippen LogP contribution in [0.25, 0.3) is 0 Å². The van der Waals surface area contributed by atoms with E-state index in [1.807, 2.05) is 38.2 Å². The van der Waals surface area contributed by atoms with Gasteiger partial charge in [-0.1, -0.05) is 42.0 Å². The molecule has 2 heteroatoms. The molecule has 0 saturated heterocycles. The van der Waals surface area contributed by atoms with Crippen molar-refractivity contribution in [3.05, 3.63) is 48.1 Å². The standard InChI is InChI=1S/C13H18O2/c1-5-11(2)7-6-8-12(3)9-10-15-13(4)14/h5-9H,1,10H2,2-4H3. The van der Waals surface area contributed by atoms with Crippen molar-refractivity contribution in [1.29, 1.82) is 0 Å². The summed E-state index contributed by atoms with van der Waals surface area (Å²) >= 11 is 0. The molecule has 0 aliphatic rings. The zero-order valence-electron chi connectivity index (χ0n) is 9.62. The molecule has 0 saturated carbocycles. The van der Waals surface area contributed by atoms with Gasteiger partial charge in [-0.05, 0) is 19.9 Å². The minimum atomic E-state index is -0.259. The molecule has 0 heterocycles. The van der Waals surface area contributed by atoms with Crippen LogP contribution in [0.2, 0.25) is 0 Å². The topological polar surface area (TPSA) is 26.3 Å². The molecule has 82 valence electrons. The summed E-state index contributed by atoms with van der Waals surface area (Å²) in [5.41, 5.74) is 2.17. The first kappa shape index (κ1) is 13.4. The molecule has 0 spiro atoms. The van der Waals surface area contributed by atoms with Gasteiger partial charge in [0.1, 0.15) is 6.61 Å². The minimum Gasteiger partial charge on any atom is -0.462 e. The van der Waals surface area contributed by atoms with Gasteiger partial charge in [0.25, 0.3) is 0 Å². The smallest absolute Gasteiger partial charge is 0.302 e. The Kier molecular flexibility index (Phi) is 6.98. The van der Waals surface area contributed by atoms with Crippen LogP contribution >= 0.6 is 0 Å². The van der Waals surface area contributed by atoms with Gasteiger partial charge in [-0.15, -0.1) is 0 Å². The van der Waals surface area contributed by atoms with Crippen molar-refractivity contribution in [2.45, 2.75) is 20.8 Å². The lowest BCUT2D eigenvalue weighted by Gasteiger charge is -1.96. The van der Waals surface area contributed by atoms with E-state index in [-0.39, 0.29) is 5.97 Å². The van der Waals surface area contributed by atoms with E-state index in [9.17, 15) is 4.79 Å². The first-order valence-corrected chi connectivity index (χ1v) is 4.83. The van der Waals surface area contributed by atoms with Gasteiger partial charge in [0.15, 0.2) is 0 Å². The SMILES string of the molecule is C=CC(C)=CC=CC(C)=CCOC(C)=O. The quantitative estimate of drug-likeness (QED) is 0.510. The van der Waals surface area contributed by atoms with Gasteiger partial charge in [-0.2, -0.15) is 0 Å². The van der Waals surface area contributed by atoms with E-state index in [1.165, 1.54) is 6.92 Å². The molecule has 0 rings (SSSR count). The van der Waals surface area contributed by atoms with E-state index in [0.717, 1.165) is 11.1 Å². The second kappa shape index (κ2) is 7.80. The maximum Gasteiger partial charge on any atom is 0.302 e. The minimum absolute atomic E-state index is 0.259. The van der Waals surface area contributed by atoms with Crippen LogP contribution in [0.5, 0.6) is 0 Å². The number of carbonyl (C=O) groups excluding carboxylic acids is 1. The highest BCUT2D eigenvalue weighted by atomic mass is 16.5. The summed E-state index contributed by atoms with van der Waals surface area (Å²) < 4.78 is 4.78. The van der Waals surface area contributed by atoms with Gasteiger partial charge in [0.2, 0.25) is 0 Å². The molecule has 2 nitrogen and oxygen atoms in total. The molecular weight excluding hydrogens is 188 g/mol. The molecule has 0 N–H and O–H groups in total. The van der Waals surface area contributed by atoms with Gasteiger partial charge in [-0.25, -0.2) is 0 Å². The summed E-state index contributed by atoms with van der Waals surface area (Å²) in [6.07, 6.45) is 9.51. The van der Waals surface area contributed by atoms with Crippen molar-refractivity contribution in [3.8, 4) is 0 Å². The van der Waals surface area contributed by atoms with Crippen molar-refractivity contribution in [2.24, 2.45) is 0 Å². The van der Waals surface area contributed by atoms with Crippen LogP contribution in [0.15, 0.2) is 48.1 Å². The van der Waals surface area contributed by atoms with Crippen LogP contribution in [0, 0.1) is 0 Å². The molecule has 0 aromatic heterocycles. The summed E-state index contributed by atoms with van der Waals surface area (Å²) in [4.78, 5) is 10.5. The van der Waals surface area contributed by atoms with Crippen LogP contribution in [0.3, 0.4) is 0 Å². The third-order valence-corrected chi connectivity index (χ3v) is 1.73. The number of hydrogen-bond donors (Lipinski definition) is 0. The second-order valence-electron chi connectivity index (χ2n) is 3.22. The third-order valence-electron chi connectivity index (χ3n) is 1.73. The van der Waals surface area contributed by atoms with Crippen molar-refractivity contribution in [2.75, 3.05) is 6.61 Å². The highest BCUT2D eigenvalue weighted by molar-refractivity contribution is 5.66. The zero-order chi connectivity index (χ0) is 11.7. The average Bonchev–Trinajstić information content (AvgIpc) is 2.17. The number of rotatable bonds is 5. The number of carbonyl (C=O) groups is 1. The van der Waals surface area contributed by atoms with Crippen molar-refractivity contribution in [3.63, 3.8) is 0 Å². The number of esters is 1. The molecule has 15 heavy (non-hydrogen) atoms. The van der Waals surface area contributed by atoms with Crippen LogP contribution in [0.4, 0.5) is 0 Å². The molecule has 0 aromatic carbocycles. The summed E-state index contributed by atoms with van der Waals surface area (Å²) in [6.45, 7) is 9.32. The molecule has 0 aromatic rings. The van der Waals surface area contributed by atoms with E-state index in [2.05, 4.69) is 6.58 Å². The molecule has 0 unspecified atom stereocenters. The summed E-state index contributed by atoms with van der Waals surface area (Å²) in [6, 6.07) is 0.